The first-order chi connectivity index (χ1) is 13.9. The number of carbonyl (C=O) groups excluding carboxylic acids is 2. The van der Waals surface area contributed by atoms with Gasteiger partial charge in [-0.05, 0) is 35.9 Å². The van der Waals surface area contributed by atoms with Gasteiger partial charge in [-0.3, -0.25) is 14.3 Å². The minimum absolute atomic E-state index is 0.0420. The number of amides is 1. The van der Waals surface area contributed by atoms with E-state index in [1.807, 2.05) is 0 Å². The van der Waals surface area contributed by atoms with Gasteiger partial charge in [-0.2, -0.15) is 0 Å². The number of hydrogen-bond donors (Lipinski definition) is 0. The SMILES string of the molecule is O=C1C=CC2C3C[N+]([O-])(c4ccccc4)C(=O)C3C1N2Cc1cc(F)cc(F)c1. The van der Waals surface area contributed by atoms with Crippen LogP contribution in [0.4, 0.5) is 14.5 Å². The Bertz CT molecular complexity index is 1020. The van der Waals surface area contributed by atoms with E-state index < -0.39 is 34.1 Å². The van der Waals surface area contributed by atoms with Crippen molar-refractivity contribution in [1.82, 2.24) is 9.55 Å². The number of rotatable bonds is 3. The molecular formula is C22H18F2N2O3. The molecule has 0 radical (unpaired) electrons. The summed E-state index contributed by atoms with van der Waals surface area (Å²) in [6.45, 7) is 0.172. The number of benzene rings is 2. The van der Waals surface area contributed by atoms with Crippen molar-refractivity contribution in [1.29, 1.82) is 0 Å². The molecule has 3 heterocycles. The summed E-state index contributed by atoms with van der Waals surface area (Å²) in [5.41, 5.74) is 0.749. The fraction of sp³-hybridized carbons (Fsp3) is 0.273. The standard InChI is InChI=1S/C22H18F2N2O3/c23-14-8-13(9-15(24)10-14)11-25-18-6-7-19(27)21(25)20-17(18)12-26(29,22(20)28)16-4-2-1-3-5-16/h1-10,17-18,20-21H,11-12H2. The minimum atomic E-state index is -1.08. The van der Waals surface area contributed by atoms with Crippen molar-refractivity contribution in [2.75, 3.05) is 6.54 Å². The van der Waals surface area contributed by atoms with Gasteiger partial charge in [-0.25, -0.2) is 13.6 Å². The predicted molar refractivity (Wildman–Crippen MR) is 102 cm³/mol. The van der Waals surface area contributed by atoms with Gasteiger partial charge in [0.05, 0.1) is 12.6 Å². The lowest BCUT2D eigenvalue weighted by Crippen LogP contribution is -2.53. The molecule has 7 heteroatoms. The van der Waals surface area contributed by atoms with Crippen LogP contribution in [0.1, 0.15) is 5.56 Å². The Morgan fingerprint density at radius 1 is 1.07 bits per heavy atom. The summed E-state index contributed by atoms with van der Waals surface area (Å²) in [5, 5.41) is 13.5. The van der Waals surface area contributed by atoms with Crippen LogP contribution in [0.15, 0.2) is 60.7 Å². The van der Waals surface area contributed by atoms with Gasteiger partial charge in [0.2, 0.25) is 0 Å². The largest absolute Gasteiger partial charge is 0.620 e. The predicted octanol–water partition coefficient (Wildman–Crippen LogP) is 2.93. The van der Waals surface area contributed by atoms with E-state index in [1.54, 1.807) is 41.3 Å². The molecule has 2 aromatic rings. The molecule has 0 N–H and O–H groups in total. The maximum atomic E-state index is 13.6. The first-order valence-corrected chi connectivity index (χ1v) is 9.50. The van der Waals surface area contributed by atoms with Crippen LogP contribution < -0.4 is 4.65 Å². The highest BCUT2D eigenvalue weighted by Gasteiger charge is 2.65. The molecule has 3 aliphatic heterocycles. The number of para-hydroxylation sites is 1. The molecule has 148 valence electrons. The van der Waals surface area contributed by atoms with Crippen LogP contribution in [-0.4, -0.2) is 35.2 Å². The van der Waals surface area contributed by atoms with Crippen molar-refractivity contribution >= 4 is 17.4 Å². The van der Waals surface area contributed by atoms with Crippen LogP contribution in [0.5, 0.6) is 0 Å². The van der Waals surface area contributed by atoms with Gasteiger partial charge >= 0.3 is 5.91 Å². The average Bonchev–Trinajstić information content (AvgIpc) is 3.05. The lowest BCUT2D eigenvalue weighted by molar-refractivity contribution is -0.133. The first-order valence-electron chi connectivity index (χ1n) is 9.50. The average molecular weight is 396 g/mol. The molecule has 2 aromatic carbocycles. The third kappa shape index (κ3) is 2.69. The molecule has 0 saturated carbocycles. The van der Waals surface area contributed by atoms with E-state index in [0.29, 0.717) is 11.3 Å². The number of ketones is 1. The quantitative estimate of drug-likeness (QED) is 0.591. The second kappa shape index (κ2) is 6.38. The normalized spacial score (nSPS) is 33.3. The smallest absolute Gasteiger partial charge is 0.324 e. The maximum Gasteiger partial charge on any atom is 0.324 e. The molecule has 0 aliphatic carbocycles. The van der Waals surface area contributed by atoms with Crippen molar-refractivity contribution in [2.45, 2.75) is 18.6 Å². The van der Waals surface area contributed by atoms with Gasteiger partial charge < -0.3 is 5.21 Å². The molecule has 0 aromatic heterocycles. The lowest BCUT2D eigenvalue weighted by Gasteiger charge is -2.39. The van der Waals surface area contributed by atoms with E-state index in [2.05, 4.69) is 0 Å². The molecule has 5 atom stereocenters. The van der Waals surface area contributed by atoms with Gasteiger partial charge in [-0.1, -0.05) is 24.3 Å². The van der Waals surface area contributed by atoms with E-state index in [0.717, 1.165) is 6.07 Å². The molecule has 5 nitrogen and oxygen atoms in total. The number of nitrogens with zero attached hydrogens (tertiary/aromatic N) is 2. The zero-order chi connectivity index (χ0) is 20.3. The molecule has 1 amide bonds. The third-order valence-electron chi connectivity index (χ3n) is 6.30. The van der Waals surface area contributed by atoms with Gasteiger partial charge in [0.1, 0.15) is 23.2 Å². The van der Waals surface area contributed by atoms with E-state index in [-0.39, 0.29) is 30.8 Å². The van der Waals surface area contributed by atoms with Gasteiger partial charge in [-0.15, -0.1) is 0 Å². The van der Waals surface area contributed by atoms with Gasteiger partial charge in [0, 0.05) is 24.6 Å². The Morgan fingerprint density at radius 3 is 2.45 bits per heavy atom. The highest BCUT2D eigenvalue weighted by molar-refractivity contribution is 6.04. The van der Waals surface area contributed by atoms with Crippen LogP contribution in [0, 0.1) is 28.7 Å². The second-order valence-corrected chi connectivity index (χ2v) is 7.93. The zero-order valence-electron chi connectivity index (χ0n) is 15.4. The number of fused-ring (bicyclic) bond motifs is 5. The van der Waals surface area contributed by atoms with Crippen LogP contribution >= 0.6 is 0 Å². The number of hydroxylamine groups is 2. The van der Waals surface area contributed by atoms with E-state index in [9.17, 15) is 23.6 Å². The molecule has 5 unspecified atom stereocenters. The molecule has 2 bridgehead atoms. The van der Waals surface area contributed by atoms with Crippen molar-refractivity contribution in [3.63, 3.8) is 0 Å². The molecule has 29 heavy (non-hydrogen) atoms. The van der Waals surface area contributed by atoms with Crippen LogP contribution in [0.3, 0.4) is 0 Å². The molecule has 3 aliphatic rings. The molecule has 2 saturated heterocycles. The topological polar surface area (TPSA) is 60.4 Å². The number of halogens is 2. The number of carbonyl (C=O) groups is 2. The fourth-order valence-electron chi connectivity index (χ4n) is 5.16. The Labute approximate surface area is 166 Å². The fourth-order valence-corrected chi connectivity index (χ4v) is 5.16. The van der Waals surface area contributed by atoms with Gasteiger partial charge in [0.15, 0.2) is 5.78 Å². The van der Waals surface area contributed by atoms with Crippen molar-refractivity contribution in [2.24, 2.45) is 11.8 Å². The summed E-state index contributed by atoms with van der Waals surface area (Å²) < 4.78 is 26.2. The zero-order valence-corrected chi connectivity index (χ0v) is 15.4. The Hall–Kier alpha value is -2.74. The van der Waals surface area contributed by atoms with E-state index in [1.165, 1.54) is 18.2 Å². The van der Waals surface area contributed by atoms with Crippen molar-refractivity contribution < 1.29 is 18.4 Å². The summed E-state index contributed by atoms with van der Waals surface area (Å²) in [5.74, 6) is -3.23. The number of hydrogen-bond acceptors (Lipinski definition) is 4. The molecule has 2 fully saturated rings. The monoisotopic (exact) mass is 396 g/mol. The Morgan fingerprint density at radius 2 is 1.76 bits per heavy atom. The highest BCUT2D eigenvalue weighted by Crippen LogP contribution is 2.49. The molecular weight excluding hydrogens is 378 g/mol. The van der Waals surface area contributed by atoms with Crippen LogP contribution in [-0.2, 0) is 16.1 Å². The Balaban J connectivity index is 1.50. The summed E-state index contributed by atoms with van der Waals surface area (Å²) in [6.07, 6.45) is 3.18. The third-order valence-corrected chi connectivity index (χ3v) is 6.30. The summed E-state index contributed by atoms with van der Waals surface area (Å²) in [4.78, 5) is 27.7. The number of quaternary nitrogens is 1. The van der Waals surface area contributed by atoms with Crippen molar-refractivity contribution in [3.05, 3.63) is 83.1 Å². The summed E-state index contributed by atoms with van der Waals surface area (Å²) in [7, 11) is 0. The lowest BCUT2D eigenvalue weighted by atomic mass is 9.90. The maximum absolute atomic E-state index is 13.6. The summed E-state index contributed by atoms with van der Waals surface area (Å²) in [6, 6.07) is 10.6. The summed E-state index contributed by atoms with van der Waals surface area (Å²) >= 11 is 0. The molecule has 5 rings (SSSR count). The second-order valence-electron chi connectivity index (χ2n) is 7.93. The van der Waals surface area contributed by atoms with Crippen molar-refractivity contribution in [3.8, 4) is 0 Å². The van der Waals surface area contributed by atoms with Crippen LogP contribution in [0.25, 0.3) is 0 Å². The minimum Gasteiger partial charge on any atom is -0.620 e. The van der Waals surface area contributed by atoms with Crippen LogP contribution in [0.2, 0.25) is 0 Å². The Kier molecular flexibility index (Phi) is 4.03. The van der Waals surface area contributed by atoms with E-state index in [4.69, 9.17) is 0 Å². The van der Waals surface area contributed by atoms with Gasteiger partial charge in [0.25, 0.3) is 0 Å². The van der Waals surface area contributed by atoms with E-state index >= 15 is 0 Å². The molecule has 0 spiro atoms. The highest BCUT2D eigenvalue weighted by atomic mass is 19.1. The first kappa shape index (κ1) is 18.3.